The second-order valence-electron chi connectivity index (χ2n) is 2.95. The van der Waals surface area contributed by atoms with E-state index in [0.717, 1.165) is 12.2 Å². The number of carboxylic acids is 1. The maximum Gasteiger partial charge on any atom is 0.313 e. The molecule has 0 amide bonds. The molecule has 0 spiro atoms. The second-order valence-corrected chi connectivity index (χ2v) is 4.06. The molecule has 0 aliphatic heterocycles. The Labute approximate surface area is 89.0 Å². The number of thioether (sulfide) groups is 1. The van der Waals surface area contributed by atoms with E-state index in [2.05, 4.69) is 0 Å². The predicted octanol–water partition coefficient (Wildman–Crippen LogP) is 1.24. The molecule has 2 atom stereocenters. The zero-order valence-electron chi connectivity index (χ0n) is 8.86. The number of carboxylic acid groups (broad SMARTS) is 1. The molecule has 0 fully saturated rings. The van der Waals surface area contributed by atoms with Gasteiger partial charge in [0.15, 0.2) is 0 Å². The van der Waals surface area contributed by atoms with Crippen LogP contribution in [0.25, 0.3) is 0 Å². The first-order valence-corrected chi connectivity index (χ1v) is 5.62. The lowest BCUT2D eigenvalue weighted by Crippen LogP contribution is -2.27. The Balaban J connectivity index is 3.57. The van der Waals surface area contributed by atoms with Gasteiger partial charge in [-0.25, -0.2) is 0 Å². The Morgan fingerprint density at radius 3 is 2.50 bits per heavy atom. The second kappa shape index (κ2) is 8.08. The molecule has 0 aromatic rings. The molecule has 0 aromatic heterocycles. The lowest BCUT2D eigenvalue weighted by atomic mass is 10.2. The molecule has 4 nitrogen and oxygen atoms in total. The fraction of sp³-hybridized carbons (Fsp3) is 0.889. The van der Waals surface area contributed by atoms with Crippen LogP contribution in [0.4, 0.5) is 0 Å². The van der Waals surface area contributed by atoms with Crippen molar-refractivity contribution < 1.29 is 19.4 Å². The van der Waals surface area contributed by atoms with Crippen molar-refractivity contribution in [3.63, 3.8) is 0 Å². The zero-order chi connectivity index (χ0) is 11.0. The molecular formula is C9H18O4S. The Hall–Kier alpha value is -0.260. The monoisotopic (exact) mass is 222 g/mol. The number of hydrogen-bond acceptors (Lipinski definition) is 4. The highest BCUT2D eigenvalue weighted by atomic mass is 32.2. The summed E-state index contributed by atoms with van der Waals surface area (Å²) in [5.41, 5.74) is 0. The highest BCUT2D eigenvalue weighted by Crippen LogP contribution is 2.11. The van der Waals surface area contributed by atoms with E-state index >= 15 is 0 Å². The van der Waals surface area contributed by atoms with Crippen LogP contribution in [-0.2, 0) is 14.3 Å². The van der Waals surface area contributed by atoms with E-state index in [1.807, 2.05) is 6.92 Å². The van der Waals surface area contributed by atoms with Crippen LogP contribution in [-0.4, -0.2) is 49.0 Å². The number of carbonyl (C=O) groups is 1. The van der Waals surface area contributed by atoms with Crippen molar-refractivity contribution in [1.29, 1.82) is 0 Å². The number of ether oxygens (including phenoxy) is 2. The molecule has 0 bridgehead atoms. The van der Waals surface area contributed by atoms with Crippen molar-refractivity contribution >= 4 is 17.7 Å². The SMILES string of the molecule is COC(C)C(CCSCC(=O)O)OC. The van der Waals surface area contributed by atoms with Crippen LogP contribution >= 0.6 is 11.8 Å². The summed E-state index contributed by atoms with van der Waals surface area (Å²) in [4.78, 5) is 10.2. The van der Waals surface area contributed by atoms with Gasteiger partial charge in [-0.05, 0) is 19.1 Å². The van der Waals surface area contributed by atoms with E-state index in [0.29, 0.717) is 0 Å². The third-order valence-electron chi connectivity index (χ3n) is 1.97. The first-order valence-electron chi connectivity index (χ1n) is 4.47. The minimum atomic E-state index is -0.774. The van der Waals surface area contributed by atoms with Crippen LogP contribution in [0.15, 0.2) is 0 Å². The largest absolute Gasteiger partial charge is 0.481 e. The molecule has 14 heavy (non-hydrogen) atoms. The van der Waals surface area contributed by atoms with Gasteiger partial charge in [-0.1, -0.05) is 0 Å². The smallest absolute Gasteiger partial charge is 0.313 e. The van der Waals surface area contributed by atoms with E-state index < -0.39 is 5.97 Å². The minimum absolute atomic E-state index is 0.0429. The molecule has 5 heteroatoms. The van der Waals surface area contributed by atoms with Crippen molar-refractivity contribution in [3.05, 3.63) is 0 Å². The van der Waals surface area contributed by atoms with E-state index in [9.17, 15) is 4.79 Å². The standard InChI is InChI=1S/C9H18O4S/c1-7(12-2)8(13-3)4-5-14-6-9(10)11/h7-8H,4-6H2,1-3H3,(H,10,11). The van der Waals surface area contributed by atoms with Crippen LogP contribution in [0.5, 0.6) is 0 Å². The number of aliphatic carboxylic acids is 1. The third kappa shape index (κ3) is 6.23. The van der Waals surface area contributed by atoms with Crippen molar-refractivity contribution in [2.24, 2.45) is 0 Å². The van der Waals surface area contributed by atoms with Crippen LogP contribution in [0.1, 0.15) is 13.3 Å². The molecule has 0 aliphatic rings. The van der Waals surface area contributed by atoms with Gasteiger partial charge in [-0.15, -0.1) is 0 Å². The van der Waals surface area contributed by atoms with Gasteiger partial charge in [-0.3, -0.25) is 4.79 Å². The Morgan fingerprint density at radius 2 is 2.07 bits per heavy atom. The Bertz CT molecular complexity index is 163. The zero-order valence-corrected chi connectivity index (χ0v) is 9.67. The molecule has 1 N–H and O–H groups in total. The van der Waals surface area contributed by atoms with Gasteiger partial charge in [0.1, 0.15) is 0 Å². The van der Waals surface area contributed by atoms with Gasteiger partial charge < -0.3 is 14.6 Å². The van der Waals surface area contributed by atoms with Crippen LogP contribution in [0.3, 0.4) is 0 Å². The summed E-state index contributed by atoms with van der Waals surface area (Å²) >= 11 is 1.40. The quantitative estimate of drug-likeness (QED) is 0.626. The van der Waals surface area contributed by atoms with Crippen molar-refractivity contribution in [3.8, 4) is 0 Å². The molecule has 0 aliphatic carbocycles. The first-order chi connectivity index (χ1) is 6.61. The van der Waals surface area contributed by atoms with Gasteiger partial charge in [0, 0.05) is 14.2 Å². The van der Waals surface area contributed by atoms with E-state index in [1.54, 1.807) is 14.2 Å². The fourth-order valence-electron chi connectivity index (χ4n) is 1.05. The van der Waals surface area contributed by atoms with E-state index in [-0.39, 0.29) is 18.0 Å². The highest BCUT2D eigenvalue weighted by Gasteiger charge is 2.15. The van der Waals surface area contributed by atoms with Gasteiger partial charge >= 0.3 is 5.97 Å². The van der Waals surface area contributed by atoms with Crippen molar-refractivity contribution in [2.45, 2.75) is 25.6 Å². The summed E-state index contributed by atoms with van der Waals surface area (Å²) in [7, 11) is 3.28. The molecule has 0 saturated heterocycles. The minimum Gasteiger partial charge on any atom is -0.481 e. The normalized spacial score (nSPS) is 15.1. The number of methoxy groups -OCH3 is 2. The van der Waals surface area contributed by atoms with Crippen molar-refractivity contribution in [1.82, 2.24) is 0 Å². The molecule has 2 unspecified atom stereocenters. The molecule has 0 radical (unpaired) electrons. The number of hydrogen-bond donors (Lipinski definition) is 1. The average molecular weight is 222 g/mol. The Kier molecular flexibility index (Phi) is 7.93. The van der Waals surface area contributed by atoms with Crippen LogP contribution in [0, 0.1) is 0 Å². The van der Waals surface area contributed by atoms with Gasteiger partial charge in [0.05, 0.1) is 18.0 Å². The fourth-order valence-corrected chi connectivity index (χ4v) is 1.77. The lowest BCUT2D eigenvalue weighted by Gasteiger charge is -2.20. The topological polar surface area (TPSA) is 55.8 Å². The summed E-state index contributed by atoms with van der Waals surface area (Å²) in [6, 6.07) is 0. The molecule has 0 saturated carbocycles. The van der Waals surface area contributed by atoms with Gasteiger partial charge in [0.2, 0.25) is 0 Å². The highest BCUT2D eigenvalue weighted by molar-refractivity contribution is 7.99. The summed E-state index contributed by atoms with van der Waals surface area (Å²) in [6.45, 7) is 1.94. The maximum absolute atomic E-state index is 10.2. The third-order valence-corrected chi connectivity index (χ3v) is 2.95. The summed E-state index contributed by atoms with van der Waals surface area (Å²) in [6.07, 6.45) is 0.899. The molecule has 0 aromatic carbocycles. The van der Waals surface area contributed by atoms with Gasteiger partial charge in [0.25, 0.3) is 0 Å². The molecular weight excluding hydrogens is 204 g/mol. The average Bonchev–Trinajstić information content (AvgIpc) is 2.16. The molecule has 84 valence electrons. The molecule has 0 heterocycles. The summed E-state index contributed by atoms with van der Waals surface area (Å²) < 4.78 is 10.4. The van der Waals surface area contributed by atoms with Crippen LogP contribution < -0.4 is 0 Å². The van der Waals surface area contributed by atoms with E-state index in [1.165, 1.54) is 11.8 Å². The summed E-state index contributed by atoms with van der Waals surface area (Å²) in [5.74, 6) is 0.153. The van der Waals surface area contributed by atoms with Gasteiger partial charge in [-0.2, -0.15) is 11.8 Å². The summed E-state index contributed by atoms with van der Waals surface area (Å²) in [5, 5.41) is 8.41. The van der Waals surface area contributed by atoms with Crippen LogP contribution in [0.2, 0.25) is 0 Å². The lowest BCUT2D eigenvalue weighted by molar-refractivity contribution is -0.133. The van der Waals surface area contributed by atoms with Crippen molar-refractivity contribution in [2.75, 3.05) is 25.7 Å². The Morgan fingerprint density at radius 1 is 1.43 bits per heavy atom. The predicted molar refractivity (Wildman–Crippen MR) is 56.8 cm³/mol. The maximum atomic E-state index is 10.2. The number of rotatable bonds is 8. The first kappa shape index (κ1) is 13.7. The molecule has 0 rings (SSSR count). The van der Waals surface area contributed by atoms with E-state index in [4.69, 9.17) is 14.6 Å².